The van der Waals surface area contributed by atoms with Crippen LogP contribution in [0.25, 0.3) is 11.3 Å². The zero-order chi connectivity index (χ0) is 20.1. The van der Waals surface area contributed by atoms with Crippen molar-refractivity contribution in [1.82, 2.24) is 15.3 Å². The highest BCUT2D eigenvalue weighted by molar-refractivity contribution is 6.30. The average Bonchev–Trinajstić information content (AvgIpc) is 3.30. The lowest BCUT2D eigenvalue weighted by atomic mass is 10.1. The summed E-state index contributed by atoms with van der Waals surface area (Å²) in [6.07, 6.45) is 4.80. The van der Waals surface area contributed by atoms with Crippen LogP contribution < -0.4 is 10.2 Å². The number of aromatic nitrogens is 2. The molecule has 5 nitrogen and oxygen atoms in total. The molecule has 148 valence electrons. The van der Waals surface area contributed by atoms with Crippen LogP contribution in [-0.2, 0) is 6.42 Å². The number of carbonyl (C=O) groups is 1. The molecule has 0 aliphatic carbocycles. The summed E-state index contributed by atoms with van der Waals surface area (Å²) in [7, 11) is 0. The van der Waals surface area contributed by atoms with Crippen molar-refractivity contribution in [1.29, 1.82) is 0 Å². The van der Waals surface area contributed by atoms with Crippen molar-refractivity contribution in [3.63, 3.8) is 0 Å². The Morgan fingerprint density at radius 2 is 1.72 bits per heavy atom. The number of nitrogens with one attached hydrogen (secondary N) is 1. The predicted molar refractivity (Wildman–Crippen MR) is 116 cm³/mol. The number of carbonyl (C=O) groups excluding carboxylic acids is 1. The standard InChI is InChI=1S/C23H23ClN4O/c24-20-9-3-17(4-10-20)11-12-25-23(29)19-7-5-18(6-8-19)21-15-22(27-16-26-21)28-13-1-2-14-28/h3-10,15-16H,1-2,11-14H2,(H,25,29). The fourth-order valence-electron chi connectivity index (χ4n) is 3.49. The average molecular weight is 407 g/mol. The highest BCUT2D eigenvalue weighted by atomic mass is 35.5. The maximum atomic E-state index is 12.4. The number of hydrogen-bond acceptors (Lipinski definition) is 4. The first-order valence-corrected chi connectivity index (χ1v) is 10.3. The molecule has 1 fully saturated rings. The summed E-state index contributed by atoms with van der Waals surface area (Å²) in [6, 6.07) is 17.2. The number of rotatable bonds is 6. The van der Waals surface area contributed by atoms with Crippen molar-refractivity contribution >= 4 is 23.3 Å². The summed E-state index contributed by atoms with van der Waals surface area (Å²) in [5.74, 6) is 0.891. The molecule has 1 saturated heterocycles. The van der Waals surface area contributed by atoms with Gasteiger partial charge in [-0.25, -0.2) is 9.97 Å². The van der Waals surface area contributed by atoms with E-state index >= 15 is 0 Å². The fraction of sp³-hybridized carbons (Fsp3) is 0.261. The molecule has 0 spiro atoms. The molecule has 0 bridgehead atoms. The van der Waals surface area contributed by atoms with Gasteiger partial charge in [0.25, 0.3) is 5.91 Å². The van der Waals surface area contributed by atoms with Gasteiger partial charge in [-0.3, -0.25) is 4.79 Å². The predicted octanol–water partition coefficient (Wildman–Crippen LogP) is 4.37. The van der Waals surface area contributed by atoms with Crippen LogP contribution in [0, 0.1) is 0 Å². The number of amides is 1. The molecule has 29 heavy (non-hydrogen) atoms. The van der Waals surface area contributed by atoms with Gasteiger partial charge < -0.3 is 10.2 Å². The monoisotopic (exact) mass is 406 g/mol. The molecule has 6 heteroatoms. The number of hydrogen-bond donors (Lipinski definition) is 1. The van der Waals surface area contributed by atoms with E-state index in [0.717, 1.165) is 42.1 Å². The van der Waals surface area contributed by atoms with Crippen molar-refractivity contribution < 1.29 is 4.79 Å². The highest BCUT2D eigenvalue weighted by Gasteiger charge is 2.14. The van der Waals surface area contributed by atoms with Crippen molar-refractivity contribution in [2.45, 2.75) is 19.3 Å². The van der Waals surface area contributed by atoms with Crippen LogP contribution in [0.1, 0.15) is 28.8 Å². The minimum Gasteiger partial charge on any atom is -0.357 e. The minimum absolute atomic E-state index is 0.0778. The molecule has 0 saturated carbocycles. The molecule has 2 aromatic carbocycles. The van der Waals surface area contributed by atoms with Crippen LogP contribution >= 0.6 is 11.6 Å². The summed E-state index contributed by atoms with van der Waals surface area (Å²) in [5.41, 5.74) is 3.63. The molecular formula is C23H23ClN4O. The molecule has 1 aromatic heterocycles. The zero-order valence-electron chi connectivity index (χ0n) is 16.1. The second kappa shape index (κ2) is 9.05. The van der Waals surface area contributed by atoms with E-state index in [1.54, 1.807) is 6.33 Å². The van der Waals surface area contributed by atoms with E-state index < -0.39 is 0 Å². The zero-order valence-corrected chi connectivity index (χ0v) is 16.9. The van der Waals surface area contributed by atoms with Gasteiger partial charge in [0.15, 0.2) is 0 Å². The molecule has 1 amide bonds. The largest absolute Gasteiger partial charge is 0.357 e. The smallest absolute Gasteiger partial charge is 0.251 e. The summed E-state index contributed by atoms with van der Waals surface area (Å²) >= 11 is 5.89. The maximum Gasteiger partial charge on any atom is 0.251 e. The maximum absolute atomic E-state index is 12.4. The quantitative estimate of drug-likeness (QED) is 0.660. The number of nitrogens with zero attached hydrogens (tertiary/aromatic N) is 3. The molecule has 1 aliphatic heterocycles. The van der Waals surface area contributed by atoms with Crippen LogP contribution in [0.5, 0.6) is 0 Å². The van der Waals surface area contributed by atoms with E-state index in [4.69, 9.17) is 11.6 Å². The second-order valence-electron chi connectivity index (χ2n) is 7.17. The van der Waals surface area contributed by atoms with Crippen LogP contribution in [0.3, 0.4) is 0 Å². The van der Waals surface area contributed by atoms with E-state index in [-0.39, 0.29) is 5.91 Å². The Bertz CT molecular complexity index is 967. The Kier molecular flexibility index (Phi) is 6.06. The number of benzene rings is 2. The van der Waals surface area contributed by atoms with E-state index in [1.165, 1.54) is 12.8 Å². The number of anilines is 1. The Morgan fingerprint density at radius 3 is 2.45 bits per heavy atom. The first-order chi connectivity index (χ1) is 14.2. The van der Waals surface area contributed by atoms with Gasteiger partial charge >= 0.3 is 0 Å². The van der Waals surface area contributed by atoms with E-state index in [9.17, 15) is 4.79 Å². The van der Waals surface area contributed by atoms with Crippen LogP contribution in [-0.4, -0.2) is 35.5 Å². The summed E-state index contributed by atoms with van der Waals surface area (Å²) < 4.78 is 0. The highest BCUT2D eigenvalue weighted by Crippen LogP contribution is 2.23. The van der Waals surface area contributed by atoms with E-state index in [1.807, 2.05) is 54.6 Å². The molecular weight excluding hydrogens is 384 g/mol. The van der Waals surface area contributed by atoms with Gasteiger partial charge in [0, 0.05) is 41.9 Å². The summed E-state index contributed by atoms with van der Waals surface area (Å²) in [6.45, 7) is 2.67. The van der Waals surface area contributed by atoms with E-state index in [2.05, 4.69) is 20.2 Å². The number of halogens is 1. The lowest BCUT2D eigenvalue weighted by Crippen LogP contribution is -2.25. The second-order valence-corrected chi connectivity index (χ2v) is 7.60. The van der Waals surface area contributed by atoms with E-state index in [0.29, 0.717) is 17.1 Å². The first-order valence-electron chi connectivity index (χ1n) is 9.89. The Morgan fingerprint density at radius 1 is 1.00 bits per heavy atom. The van der Waals surface area contributed by atoms with Crippen molar-refractivity contribution in [2.24, 2.45) is 0 Å². The molecule has 4 rings (SSSR count). The third-order valence-electron chi connectivity index (χ3n) is 5.14. The Balaban J connectivity index is 1.36. The molecule has 1 N–H and O–H groups in total. The third kappa shape index (κ3) is 4.93. The SMILES string of the molecule is O=C(NCCc1ccc(Cl)cc1)c1ccc(-c2cc(N3CCCC3)ncn2)cc1. The van der Waals surface area contributed by atoms with Crippen LogP contribution in [0.15, 0.2) is 60.9 Å². The van der Waals surface area contributed by atoms with Gasteiger partial charge in [-0.05, 0) is 49.1 Å². The van der Waals surface area contributed by atoms with Crippen molar-refractivity contribution in [3.8, 4) is 11.3 Å². The van der Waals surface area contributed by atoms with Crippen LogP contribution in [0.4, 0.5) is 5.82 Å². The molecule has 2 heterocycles. The lowest BCUT2D eigenvalue weighted by molar-refractivity contribution is 0.0954. The van der Waals surface area contributed by atoms with Gasteiger partial charge in [-0.15, -0.1) is 0 Å². The lowest BCUT2D eigenvalue weighted by Gasteiger charge is -2.16. The minimum atomic E-state index is -0.0778. The van der Waals surface area contributed by atoms with Gasteiger partial charge in [-0.2, -0.15) is 0 Å². The summed E-state index contributed by atoms with van der Waals surface area (Å²) in [5, 5.41) is 3.68. The first kappa shape index (κ1) is 19.4. The molecule has 1 aliphatic rings. The Hall–Kier alpha value is -2.92. The van der Waals surface area contributed by atoms with Gasteiger partial charge in [0.05, 0.1) is 5.69 Å². The van der Waals surface area contributed by atoms with Gasteiger partial charge in [-0.1, -0.05) is 35.9 Å². The molecule has 0 radical (unpaired) electrons. The molecule has 0 unspecified atom stereocenters. The third-order valence-corrected chi connectivity index (χ3v) is 5.39. The molecule has 3 aromatic rings. The van der Waals surface area contributed by atoms with Crippen molar-refractivity contribution in [2.75, 3.05) is 24.5 Å². The van der Waals surface area contributed by atoms with Gasteiger partial charge in [0.1, 0.15) is 12.1 Å². The van der Waals surface area contributed by atoms with Gasteiger partial charge in [0.2, 0.25) is 0 Å². The van der Waals surface area contributed by atoms with Crippen molar-refractivity contribution in [3.05, 3.63) is 77.1 Å². The molecule has 0 atom stereocenters. The Labute approximate surface area is 175 Å². The van der Waals surface area contributed by atoms with Crippen LogP contribution in [0.2, 0.25) is 5.02 Å². The summed E-state index contributed by atoms with van der Waals surface area (Å²) in [4.78, 5) is 23.5. The fourth-order valence-corrected chi connectivity index (χ4v) is 3.62. The topological polar surface area (TPSA) is 58.1 Å². The normalized spacial score (nSPS) is 13.5.